The Balaban J connectivity index is 2.76. The van der Waals surface area contributed by atoms with Crippen LogP contribution < -0.4 is 0 Å². The topological polar surface area (TPSA) is 43.6 Å². The molecule has 38 valence electrons. The predicted octanol–water partition coefficient (Wildman–Crippen LogP) is 0.0255. The third-order valence-electron chi connectivity index (χ3n) is 0.514. The number of halogens is 1. The number of tetrazole rings is 1. The van der Waals surface area contributed by atoms with Crippen molar-refractivity contribution >= 4 is 15.9 Å². The molecule has 0 fully saturated rings. The van der Waals surface area contributed by atoms with Gasteiger partial charge in [0.15, 0.2) is 0 Å². The van der Waals surface area contributed by atoms with Crippen molar-refractivity contribution in [2.45, 2.75) is 5.45 Å². The van der Waals surface area contributed by atoms with Gasteiger partial charge in [0.25, 0.3) is 0 Å². The van der Waals surface area contributed by atoms with Crippen molar-refractivity contribution in [1.82, 2.24) is 20.2 Å². The molecule has 0 atom stereocenters. The Kier molecular flexibility index (Phi) is 1.35. The molecule has 1 aromatic rings. The molecule has 0 radical (unpaired) electrons. The third kappa shape index (κ3) is 0.957. The van der Waals surface area contributed by atoms with Gasteiger partial charge in [0.05, 0.1) is 5.45 Å². The van der Waals surface area contributed by atoms with Gasteiger partial charge in [-0.25, -0.2) is 4.68 Å². The summed E-state index contributed by atoms with van der Waals surface area (Å²) in [6.07, 6.45) is 1.54. The van der Waals surface area contributed by atoms with Gasteiger partial charge in [0.2, 0.25) is 0 Å². The van der Waals surface area contributed by atoms with E-state index >= 15 is 0 Å². The van der Waals surface area contributed by atoms with Gasteiger partial charge in [-0.1, -0.05) is 15.9 Å². The maximum absolute atomic E-state index is 3.54. The van der Waals surface area contributed by atoms with Crippen LogP contribution in [0.3, 0.4) is 0 Å². The molecule has 0 saturated heterocycles. The van der Waals surface area contributed by atoms with Gasteiger partial charge in [-0.2, -0.15) is 0 Å². The van der Waals surface area contributed by atoms with E-state index in [-0.39, 0.29) is 0 Å². The molecule has 0 bridgehead atoms. The fourth-order valence-electron chi connectivity index (χ4n) is 0.235. The standard InChI is InChI=1S/C2H3BrN4/c3-1-7-2-4-5-6-7/h2H,1H2. The molecule has 0 aromatic carbocycles. The SMILES string of the molecule is BrCn1cnnn1. The van der Waals surface area contributed by atoms with Crippen molar-refractivity contribution in [1.29, 1.82) is 0 Å². The molecular weight excluding hydrogens is 160 g/mol. The second-order valence-corrected chi connectivity index (χ2v) is 1.47. The van der Waals surface area contributed by atoms with E-state index in [9.17, 15) is 0 Å². The minimum absolute atomic E-state index is 0.653. The Labute approximate surface area is 48.6 Å². The highest BCUT2D eigenvalue weighted by molar-refractivity contribution is 9.08. The molecule has 0 saturated carbocycles. The molecule has 0 unspecified atom stereocenters. The van der Waals surface area contributed by atoms with E-state index < -0.39 is 0 Å². The van der Waals surface area contributed by atoms with Gasteiger partial charge >= 0.3 is 0 Å². The van der Waals surface area contributed by atoms with Crippen LogP contribution >= 0.6 is 15.9 Å². The average Bonchev–Trinajstić information content (AvgIpc) is 2.14. The molecule has 0 amide bonds. The van der Waals surface area contributed by atoms with Crippen LogP contribution in [0.15, 0.2) is 6.33 Å². The maximum atomic E-state index is 3.54. The lowest BCUT2D eigenvalue weighted by atomic mass is 11.2. The highest BCUT2D eigenvalue weighted by Crippen LogP contribution is 1.83. The first kappa shape index (κ1) is 4.70. The van der Waals surface area contributed by atoms with Gasteiger partial charge in [-0.15, -0.1) is 5.10 Å². The van der Waals surface area contributed by atoms with E-state index in [1.54, 1.807) is 4.68 Å². The number of aromatic nitrogens is 4. The Bertz CT molecular complexity index is 124. The zero-order valence-electron chi connectivity index (χ0n) is 3.45. The van der Waals surface area contributed by atoms with Crippen LogP contribution in [-0.2, 0) is 5.45 Å². The van der Waals surface area contributed by atoms with Crippen LogP contribution in [-0.4, -0.2) is 20.2 Å². The van der Waals surface area contributed by atoms with E-state index in [2.05, 4.69) is 31.5 Å². The summed E-state index contributed by atoms with van der Waals surface area (Å²) in [4.78, 5) is 0. The number of hydrogen-bond acceptors (Lipinski definition) is 3. The highest BCUT2D eigenvalue weighted by Gasteiger charge is 1.81. The van der Waals surface area contributed by atoms with Crippen molar-refractivity contribution in [2.75, 3.05) is 0 Å². The van der Waals surface area contributed by atoms with Crippen molar-refractivity contribution in [3.05, 3.63) is 6.33 Å². The first-order valence-corrected chi connectivity index (χ1v) is 2.82. The second-order valence-electron chi connectivity index (χ2n) is 0.969. The van der Waals surface area contributed by atoms with Crippen LogP contribution in [0, 0.1) is 0 Å². The van der Waals surface area contributed by atoms with Crippen LogP contribution in [0.2, 0.25) is 0 Å². The van der Waals surface area contributed by atoms with E-state index in [1.807, 2.05) is 0 Å². The molecule has 0 N–H and O–H groups in total. The molecule has 7 heavy (non-hydrogen) atoms. The molecule has 0 aliphatic rings. The minimum Gasteiger partial charge on any atom is -0.222 e. The molecule has 1 heterocycles. The lowest BCUT2D eigenvalue weighted by molar-refractivity contribution is 0.704. The van der Waals surface area contributed by atoms with E-state index in [1.165, 1.54) is 6.33 Å². The van der Waals surface area contributed by atoms with Crippen LogP contribution in [0.25, 0.3) is 0 Å². The average molecular weight is 163 g/mol. The van der Waals surface area contributed by atoms with E-state index in [4.69, 9.17) is 0 Å². The molecule has 5 heteroatoms. The quantitative estimate of drug-likeness (QED) is 0.548. The maximum Gasteiger partial charge on any atom is 0.139 e. The lowest BCUT2D eigenvalue weighted by Gasteiger charge is -1.81. The lowest BCUT2D eigenvalue weighted by Crippen LogP contribution is -1.90. The summed E-state index contributed by atoms with van der Waals surface area (Å²) in [5.74, 6) is 0. The number of nitrogens with zero attached hydrogens (tertiary/aromatic N) is 4. The highest BCUT2D eigenvalue weighted by atomic mass is 79.9. The monoisotopic (exact) mass is 162 g/mol. The zero-order chi connectivity index (χ0) is 5.11. The van der Waals surface area contributed by atoms with Gasteiger partial charge < -0.3 is 0 Å². The minimum atomic E-state index is 0.653. The number of rotatable bonds is 1. The molecule has 4 nitrogen and oxygen atoms in total. The number of alkyl halides is 1. The van der Waals surface area contributed by atoms with Crippen molar-refractivity contribution < 1.29 is 0 Å². The third-order valence-corrected chi connectivity index (χ3v) is 1.03. The van der Waals surface area contributed by atoms with E-state index in [0.29, 0.717) is 5.45 Å². The van der Waals surface area contributed by atoms with Crippen molar-refractivity contribution in [2.24, 2.45) is 0 Å². The second kappa shape index (κ2) is 2.02. The van der Waals surface area contributed by atoms with E-state index in [0.717, 1.165) is 0 Å². The Hall–Kier alpha value is -0.450. The molecule has 1 rings (SSSR count). The predicted molar refractivity (Wildman–Crippen MR) is 26.7 cm³/mol. The van der Waals surface area contributed by atoms with Gasteiger partial charge in [-0.3, -0.25) is 0 Å². The summed E-state index contributed by atoms with van der Waals surface area (Å²) >= 11 is 3.16. The Morgan fingerprint density at radius 3 is 2.86 bits per heavy atom. The zero-order valence-corrected chi connectivity index (χ0v) is 5.04. The molecule has 0 aliphatic carbocycles. The summed E-state index contributed by atoms with van der Waals surface area (Å²) < 4.78 is 1.57. The van der Waals surface area contributed by atoms with Gasteiger partial charge in [0.1, 0.15) is 6.33 Å². The fraction of sp³-hybridized carbons (Fsp3) is 0.500. The normalized spacial score (nSPS) is 9.29. The summed E-state index contributed by atoms with van der Waals surface area (Å²) in [7, 11) is 0. The van der Waals surface area contributed by atoms with Gasteiger partial charge in [-0.05, 0) is 10.4 Å². The van der Waals surface area contributed by atoms with Gasteiger partial charge in [0, 0.05) is 0 Å². The summed E-state index contributed by atoms with van der Waals surface area (Å²) in [5.41, 5.74) is 0.653. The van der Waals surface area contributed by atoms with Crippen LogP contribution in [0.4, 0.5) is 0 Å². The largest absolute Gasteiger partial charge is 0.222 e. The fourth-order valence-corrected chi connectivity index (χ4v) is 0.465. The first-order valence-electron chi connectivity index (χ1n) is 1.70. The van der Waals surface area contributed by atoms with Crippen molar-refractivity contribution in [3.8, 4) is 0 Å². The van der Waals surface area contributed by atoms with Crippen LogP contribution in [0.1, 0.15) is 0 Å². The molecular formula is C2H3BrN4. The Morgan fingerprint density at radius 2 is 2.57 bits per heavy atom. The smallest absolute Gasteiger partial charge is 0.139 e. The molecule has 0 spiro atoms. The molecule has 1 aromatic heterocycles. The summed E-state index contributed by atoms with van der Waals surface area (Å²) in [5, 5.41) is 10.3. The summed E-state index contributed by atoms with van der Waals surface area (Å²) in [6, 6.07) is 0. The van der Waals surface area contributed by atoms with Crippen LogP contribution in [0.5, 0.6) is 0 Å². The van der Waals surface area contributed by atoms with Crippen molar-refractivity contribution in [3.63, 3.8) is 0 Å². The number of hydrogen-bond donors (Lipinski definition) is 0. The summed E-state index contributed by atoms with van der Waals surface area (Å²) in [6.45, 7) is 0. The molecule has 0 aliphatic heterocycles. The Morgan fingerprint density at radius 1 is 1.71 bits per heavy atom. The first-order chi connectivity index (χ1) is 3.43.